The molecule has 3 rings (SSSR count). The Hall–Kier alpha value is -2.60. The first-order chi connectivity index (χ1) is 12.9. The first-order valence-electron chi connectivity index (χ1n) is 9.11. The molecule has 0 saturated heterocycles. The molecule has 0 aliphatic carbocycles. The van der Waals surface area contributed by atoms with Crippen molar-refractivity contribution in [3.63, 3.8) is 0 Å². The van der Waals surface area contributed by atoms with Crippen molar-refractivity contribution in [3.8, 4) is 5.75 Å². The summed E-state index contributed by atoms with van der Waals surface area (Å²) in [4.78, 5) is 28.0. The largest absolute Gasteiger partial charge is 0.490 e. The molecule has 0 amide bonds. The van der Waals surface area contributed by atoms with Crippen LogP contribution in [0.1, 0.15) is 60.7 Å². The van der Waals surface area contributed by atoms with Crippen molar-refractivity contribution in [1.82, 2.24) is 15.3 Å². The third-order valence-corrected chi connectivity index (χ3v) is 3.65. The van der Waals surface area contributed by atoms with Crippen LogP contribution in [0.2, 0.25) is 0 Å². The van der Waals surface area contributed by atoms with E-state index in [1.165, 1.54) is 12.5 Å². The van der Waals surface area contributed by atoms with Gasteiger partial charge in [-0.1, -0.05) is 13.0 Å². The van der Waals surface area contributed by atoms with E-state index in [2.05, 4.69) is 22.2 Å². The number of aldehydes is 2. The van der Waals surface area contributed by atoms with Crippen LogP contribution in [0, 0.1) is 6.92 Å². The van der Waals surface area contributed by atoms with Gasteiger partial charge in [-0.3, -0.25) is 4.79 Å². The average Bonchev–Trinajstić information content (AvgIpc) is 3.10. The number of fused-ring (bicyclic) bond motifs is 1. The van der Waals surface area contributed by atoms with Gasteiger partial charge in [0.15, 0.2) is 6.29 Å². The van der Waals surface area contributed by atoms with E-state index in [1.807, 2.05) is 45.2 Å². The molecule has 0 fully saturated rings. The fourth-order valence-corrected chi connectivity index (χ4v) is 2.43. The highest BCUT2D eigenvalue weighted by Crippen LogP contribution is 2.20. The van der Waals surface area contributed by atoms with Gasteiger partial charge in [0.1, 0.15) is 17.9 Å². The van der Waals surface area contributed by atoms with Gasteiger partial charge in [0.2, 0.25) is 0 Å². The number of nitrogens with one attached hydrogen (secondary N) is 1. The summed E-state index contributed by atoms with van der Waals surface area (Å²) in [5.74, 6) is 1.54. The molecule has 6 heteroatoms. The van der Waals surface area contributed by atoms with Gasteiger partial charge in [-0.15, -0.1) is 0 Å². The molecule has 0 bridgehead atoms. The Kier molecular flexibility index (Phi) is 9.90. The second-order valence-electron chi connectivity index (χ2n) is 6.24. The molecule has 2 heterocycles. The summed E-state index contributed by atoms with van der Waals surface area (Å²) in [5.41, 5.74) is 4.19. The summed E-state index contributed by atoms with van der Waals surface area (Å²) >= 11 is 0. The number of rotatable bonds is 4. The van der Waals surface area contributed by atoms with Gasteiger partial charge in [-0.05, 0) is 51.8 Å². The summed E-state index contributed by atoms with van der Waals surface area (Å²) in [7, 11) is 0. The smallest absolute Gasteiger partial charge is 0.153 e. The van der Waals surface area contributed by atoms with Crippen LogP contribution in [0.25, 0.3) is 0 Å². The number of carbonyl (C=O) groups excluding carboxylic acids is 2. The standard InChI is InChI=1S/C12H16O2.C7H9N3.C2H4O/c1-4-10-5-6-12(14-9(2)3)11(7-10)8-13;1-5-9-3-6-2-8-4-7(6)10-5;1-2-3/h5-9H,4H2,1-3H3;3,8H,2,4H2,1H3;2H,1H3. The Morgan fingerprint density at radius 1 is 1.26 bits per heavy atom. The van der Waals surface area contributed by atoms with Crippen molar-refractivity contribution >= 4 is 12.6 Å². The number of carbonyl (C=O) groups is 2. The molecule has 0 spiro atoms. The van der Waals surface area contributed by atoms with Crippen LogP contribution < -0.4 is 10.1 Å². The van der Waals surface area contributed by atoms with Crippen LogP contribution in [0.15, 0.2) is 24.4 Å². The van der Waals surface area contributed by atoms with Gasteiger partial charge in [-0.25, -0.2) is 9.97 Å². The van der Waals surface area contributed by atoms with E-state index >= 15 is 0 Å². The van der Waals surface area contributed by atoms with Crippen molar-refractivity contribution in [2.75, 3.05) is 0 Å². The van der Waals surface area contributed by atoms with Crippen LogP contribution >= 0.6 is 0 Å². The maximum atomic E-state index is 10.8. The molecule has 1 aliphatic rings. The predicted octanol–water partition coefficient (Wildman–Crippen LogP) is 3.44. The molecular formula is C21H29N3O3. The third kappa shape index (κ3) is 7.66. The summed E-state index contributed by atoms with van der Waals surface area (Å²) in [6.07, 6.45) is 4.53. The lowest BCUT2D eigenvalue weighted by atomic mass is 10.1. The van der Waals surface area contributed by atoms with Crippen molar-refractivity contribution in [1.29, 1.82) is 0 Å². The maximum Gasteiger partial charge on any atom is 0.153 e. The van der Waals surface area contributed by atoms with E-state index in [-0.39, 0.29) is 6.10 Å². The molecule has 6 nitrogen and oxygen atoms in total. The predicted molar refractivity (Wildman–Crippen MR) is 106 cm³/mol. The van der Waals surface area contributed by atoms with Crippen LogP contribution in [-0.4, -0.2) is 28.6 Å². The zero-order valence-electron chi connectivity index (χ0n) is 16.8. The molecule has 2 aromatic rings. The first kappa shape index (κ1) is 22.4. The molecule has 27 heavy (non-hydrogen) atoms. The number of aromatic nitrogens is 2. The molecule has 0 saturated carbocycles. The second kappa shape index (κ2) is 11.9. The fraction of sp³-hybridized carbons (Fsp3) is 0.429. The van der Waals surface area contributed by atoms with Crippen molar-refractivity contribution in [2.45, 2.75) is 60.2 Å². The van der Waals surface area contributed by atoms with Gasteiger partial charge in [0, 0.05) is 24.8 Å². The Morgan fingerprint density at radius 3 is 2.56 bits per heavy atom. The topological polar surface area (TPSA) is 81.2 Å². The van der Waals surface area contributed by atoms with Gasteiger partial charge in [0.05, 0.1) is 17.4 Å². The Bertz CT molecular complexity index is 745. The molecule has 0 unspecified atom stereocenters. The SMILES string of the molecule is CC=O.CCc1ccc(OC(C)C)c(C=O)c1.Cc1ncc2c(n1)CNC2. The molecule has 1 aromatic heterocycles. The van der Waals surface area contributed by atoms with E-state index in [1.54, 1.807) is 0 Å². The highest BCUT2D eigenvalue weighted by atomic mass is 16.5. The van der Waals surface area contributed by atoms with Crippen molar-refractivity contribution in [3.05, 3.63) is 52.6 Å². The monoisotopic (exact) mass is 371 g/mol. The van der Waals surface area contributed by atoms with Gasteiger partial charge in [0.25, 0.3) is 0 Å². The van der Waals surface area contributed by atoms with Crippen LogP contribution in [0.4, 0.5) is 0 Å². The van der Waals surface area contributed by atoms with E-state index in [9.17, 15) is 4.79 Å². The van der Waals surface area contributed by atoms with Crippen LogP contribution in [0.5, 0.6) is 5.75 Å². The number of ether oxygens (including phenoxy) is 1. The normalized spacial score (nSPS) is 11.5. The highest BCUT2D eigenvalue weighted by molar-refractivity contribution is 5.79. The zero-order chi connectivity index (χ0) is 20.2. The summed E-state index contributed by atoms with van der Waals surface area (Å²) in [6.45, 7) is 11.1. The highest BCUT2D eigenvalue weighted by Gasteiger charge is 2.10. The molecule has 146 valence electrons. The number of nitrogens with zero attached hydrogens (tertiary/aromatic N) is 2. The van der Waals surface area contributed by atoms with Gasteiger partial charge < -0.3 is 14.8 Å². The molecule has 1 aromatic carbocycles. The van der Waals surface area contributed by atoms with E-state index in [4.69, 9.17) is 9.53 Å². The van der Waals surface area contributed by atoms with E-state index in [0.717, 1.165) is 49.2 Å². The molecule has 1 aliphatic heterocycles. The quantitative estimate of drug-likeness (QED) is 0.829. The summed E-state index contributed by atoms with van der Waals surface area (Å²) in [5, 5.41) is 3.21. The fourth-order valence-electron chi connectivity index (χ4n) is 2.43. The minimum Gasteiger partial charge on any atom is -0.490 e. The van der Waals surface area contributed by atoms with Crippen molar-refractivity contribution in [2.24, 2.45) is 0 Å². The lowest BCUT2D eigenvalue weighted by Gasteiger charge is -2.12. The number of benzene rings is 1. The summed E-state index contributed by atoms with van der Waals surface area (Å²) < 4.78 is 5.50. The maximum absolute atomic E-state index is 10.8. The minimum absolute atomic E-state index is 0.0983. The van der Waals surface area contributed by atoms with Crippen LogP contribution in [-0.2, 0) is 24.3 Å². The minimum atomic E-state index is 0.0983. The summed E-state index contributed by atoms with van der Waals surface area (Å²) in [6, 6.07) is 5.73. The second-order valence-corrected chi connectivity index (χ2v) is 6.24. The van der Waals surface area contributed by atoms with Gasteiger partial charge >= 0.3 is 0 Å². The van der Waals surface area contributed by atoms with E-state index in [0.29, 0.717) is 11.3 Å². The molecule has 1 N–H and O–H groups in total. The lowest BCUT2D eigenvalue weighted by molar-refractivity contribution is -0.106. The number of hydrogen-bond donors (Lipinski definition) is 1. The molecule has 0 atom stereocenters. The third-order valence-electron chi connectivity index (χ3n) is 3.65. The Balaban J connectivity index is 0.000000244. The van der Waals surface area contributed by atoms with Crippen LogP contribution in [0.3, 0.4) is 0 Å². The van der Waals surface area contributed by atoms with E-state index < -0.39 is 0 Å². The Labute approximate surface area is 161 Å². The Morgan fingerprint density at radius 2 is 1.96 bits per heavy atom. The molecular weight excluding hydrogens is 342 g/mol. The number of hydrogen-bond acceptors (Lipinski definition) is 6. The molecule has 0 radical (unpaired) electrons. The van der Waals surface area contributed by atoms with Crippen molar-refractivity contribution < 1.29 is 14.3 Å². The lowest BCUT2D eigenvalue weighted by Crippen LogP contribution is -2.07. The zero-order valence-corrected chi connectivity index (χ0v) is 16.8. The number of aryl methyl sites for hydroxylation is 2. The van der Waals surface area contributed by atoms with Gasteiger partial charge in [-0.2, -0.15) is 0 Å². The first-order valence-corrected chi connectivity index (χ1v) is 9.11. The average molecular weight is 371 g/mol.